The molecule has 0 bridgehead atoms. The zero-order valence-corrected chi connectivity index (χ0v) is 13.7. The summed E-state index contributed by atoms with van der Waals surface area (Å²) in [6, 6.07) is 7.09. The van der Waals surface area contributed by atoms with Crippen molar-refractivity contribution in [2.24, 2.45) is 0 Å². The average molecular weight is 361 g/mol. The molecule has 0 amide bonds. The van der Waals surface area contributed by atoms with E-state index in [1.54, 1.807) is 30.5 Å². The standard InChI is InChI=1S/C14H9Cl4N3/c15-5-4-12-20-11-6-8(16)7-19-14(11)21(12)13-9(17)2-1-3-10(13)18/h1-3,6-7H,4-5H2. The number of halogens is 4. The summed E-state index contributed by atoms with van der Waals surface area (Å²) in [6.45, 7) is 0. The maximum atomic E-state index is 6.30. The topological polar surface area (TPSA) is 30.7 Å². The molecule has 1 aromatic carbocycles. The van der Waals surface area contributed by atoms with Crippen LogP contribution in [0.5, 0.6) is 0 Å². The molecule has 3 nitrogen and oxygen atoms in total. The first-order valence-corrected chi connectivity index (χ1v) is 7.82. The molecule has 0 fully saturated rings. The van der Waals surface area contributed by atoms with E-state index in [0.717, 1.165) is 5.82 Å². The average Bonchev–Trinajstić information content (AvgIpc) is 2.77. The van der Waals surface area contributed by atoms with E-state index in [4.69, 9.17) is 46.4 Å². The fourth-order valence-corrected chi connectivity index (χ4v) is 3.06. The minimum atomic E-state index is 0.430. The van der Waals surface area contributed by atoms with Crippen molar-refractivity contribution in [3.8, 4) is 5.69 Å². The molecule has 7 heteroatoms. The molecule has 2 aromatic heterocycles. The van der Waals surface area contributed by atoms with E-state index < -0.39 is 0 Å². The van der Waals surface area contributed by atoms with Crippen molar-refractivity contribution in [2.75, 3.05) is 5.88 Å². The molecule has 0 saturated carbocycles. The van der Waals surface area contributed by atoms with Crippen LogP contribution >= 0.6 is 46.4 Å². The molecule has 108 valence electrons. The van der Waals surface area contributed by atoms with Gasteiger partial charge in [0, 0.05) is 18.5 Å². The number of alkyl halides is 1. The van der Waals surface area contributed by atoms with Gasteiger partial charge in [-0.15, -0.1) is 11.6 Å². The number of nitrogens with zero attached hydrogens (tertiary/aromatic N) is 3. The van der Waals surface area contributed by atoms with Crippen LogP contribution in [-0.4, -0.2) is 20.4 Å². The number of rotatable bonds is 3. The van der Waals surface area contributed by atoms with Gasteiger partial charge in [0.2, 0.25) is 0 Å². The highest BCUT2D eigenvalue weighted by Crippen LogP contribution is 2.32. The van der Waals surface area contributed by atoms with Crippen LogP contribution in [0.1, 0.15) is 5.82 Å². The molecule has 0 aliphatic rings. The number of pyridine rings is 1. The second-order valence-corrected chi connectivity index (χ2v) is 6.00. The lowest BCUT2D eigenvalue weighted by Crippen LogP contribution is -2.04. The van der Waals surface area contributed by atoms with Crippen LogP contribution in [0.4, 0.5) is 0 Å². The third-order valence-electron chi connectivity index (χ3n) is 3.01. The Morgan fingerprint density at radius 2 is 1.81 bits per heavy atom. The van der Waals surface area contributed by atoms with Gasteiger partial charge in [-0.05, 0) is 18.2 Å². The second-order valence-electron chi connectivity index (χ2n) is 4.37. The summed E-state index contributed by atoms with van der Waals surface area (Å²) >= 11 is 24.5. The minimum absolute atomic E-state index is 0.430. The predicted octanol–water partition coefficient (Wildman–Crippen LogP) is 5.16. The molecule has 0 saturated heterocycles. The van der Waals surface area contributed by atoms with Gasteiger partial charge in [-0.3, -0.25) is 4.57 Å². The maximum absolute atomic E-state index is 6.30. The van der Waals surface area contributed by atoms with Gasteiger partial charge in [0.1, 0.15) is 11.3 Å². The van der Waals surface area contributed by atoms with Gasteiger partial charge in [-0.25, -0.2) is 9.97 Å². The lowest BCUT2D eigenvalue weighted by molar-refractivity contribution is 0.905. The van der Waals surface area contributed by atoms with Crippen molar-refractivity contribution in [1.82, 2.24) is 14.5 Å². The van der Waals surface area contributed by atoms with Gasteiger partial charge in [0.05, 0.1) is 20.8 Å². The zero-order chi connectivity index (χ0) is 15.0. The summed E-state index contributed by atoms with van der Waals surface area (Å²) in [7, 11) is 0. The van der Waals surface area contributed by atoms with Crippen molar-refractivity contribution >= 4 is 57.6 Å². The Balaban J connectivity index is 2.36. The summed E-state index contributed by atoms with van der Waals surface area (Å²) in [4.78, 5) is 8.89. The van der Waals surface area contributed by atoms with Crippen LogP contribution in [0.3, 0.4) is 0 Å². The molecular formula is C14H9Cl4N3. The van der Waals surface area contributed by atoms with E-state index >= 15 is 0 Å². The Labute approximate surface area is 141 Å². The predicted molar refractivity (Wildman–Crippen MR) is 88.3 cm³/mol. The van der Waals surface area contributed by atoms with Crippen molar-refractivity contribution in [3.05, 3.63) is 51.4 Å². The van der Waals surface area contributed by atoms with Crippen LogP contribution in [-0.2, 0) is 6.42 Å². The molecule has 0 radical (unpaired) electrons. The Morgan fingerprint density at radius 1 is 1.10 bits per heavy atom. The van der Waals surface area contributed by atoms with Gasteiger partial charge >= 0.3 is 0 Å². The van der Waals surface area contributed by atoms with E-state index in [0.29, 0.717) is 44.2 Å². The minimum Gasteiger partial charge on any atom is -0.278 e. The lowest BCUT2D eigenvalue weighted by atomic mass is 10.3. The van der Waals surface area contributed by atoms with Crippen molar-refractivity contribution in [1.29, 1.82) is 0 Å². The highest BCUT2D eigenvalue weighted by molar-refractivity contribution is 6.38. The van der Waals surface area contributed by atoms with Gasteiger partial charge in [0.25, 0.3) is 0 Å². The van der Waals surface area contributed by atoms with Crippen LogP contribution in [0.25, 0.3) is 16.9 Å². The van der Waals surface area contributed by atoms with E-state index in [-0.39, 0.29) is 0 Å². The van der Waals surface area contributed by atoms with Gasteiger partial charge in [0.15, 0.2) is 5.65 Å². The molecule has 2 heterocycles. The summed E-state index contributed by atoms with van der Waals surface area (Å²) in [6.07, 6.45) is 2.13. The number of imidazole rings is 1. The van der Waals surface area contributed by atoms with Gasteiger partial charge in [-0.1, -0.05) is 40.9 Å². The zero-order valence-electron chi connectivity index (χ0n) is 10.7. The molecule has 21 heavy (non-hydrogen) atoms. The highest BCUT2D eigenvalue weighted by Gasteiger charge is 2.18. The third kappa shape index (κ3) is 2.71. The Morgan fingerprint density at radius 3 is 2.48 bits per heavy atom. The quantitative estimate of drug-likeness (QED) is 0.604. The van der Waals surface area contributed by atoms with E-state index in [1.807, 2.05) is 4.57 Å². The first-order valence-electron chi connectivity index (χ1n) is 6.15. The molecule has 0 aliphatic heterocycles. The Bertz CT molecular complexity index is 793. The molecule has 0 spiro atoms. The molecule has 3 rings (SSSR count). The van der Waals surface area contributed by atoms with Crippen LogP contribution in [0, 0.1) is 0 Å². The third-order valence-corrected chi connectivity index (χ3v) is 4.02. The summed E-state index contributed by atoms with van der Waals surface area (Å²) in [5.41, 5.74) is 1.98. The summed E-state index contributed by atoms with van der Waals surface area (Å²) in [5.74, 6) is 1.17. The van der Waals surface area contributed by atoms with Crippen LogP contribution < -0.4 is 0 Å². The summed E-state index contributed by atoms with van der Waals surface area (Å²) in [5, 5.41) is 1.57. The fraction of sp³-hybridized carbons (Fsp3) is 0.143. The second kappa shape index (κ2) is 6.01. The van der Waals surface area contributed by atoms with Crippen molar-refractivity contribution < 1.29 is 0 Å². The maximum Gasteiger partial charge on any atom is 0.164 e. The number of hydrogen-bond acceptors (Lipinski definition) is 2. The van der Waals surface area contributed by atoms with Crippen molar-refractivity contribution in [2.45, 2.75) is 6.42 Å². The van der Waals surface area contributed by atoms with E-state index in [9.17, 15) is 0 Å². The molecule has 3 aromatic rings. The van der Waals surface area contributed by atoms with Crippen LogP contribution in [0.15, 0.2) is 30.5 Å². The Hall–Kier alpha value is -1.00. The monoisotopic (exact) mass is 359 g/mol. The molecule has 0 unspecified atom stereocenters. The van der Waals surface area contributed by atoms with Crippen molar-refractivity contribution in [3.63, 3.8) is 0 Å². The molecular weight excluding hydrogens is 352 g/mol. The fourth-order valence-electron chi connectivity index (χ4n) is 2.18. The van der Waals surface area contributed by atoms with Gasteiger partial charge < -0.3 is 0 Å². The number of para-hydroxylation sites is 1. The van der Waals surface area contributed by atoms with E-state index in [1.165, 1.54) is 0 Å². The number of hydrogen-bond donors (Lipinski definition) is 0. The molecule has 0 N–H and O–H groups in total. The lowest BCUT2D eigenvalue weighted by Gasteiger charge is -2.11. The number of aromatic nitrogens is 3. The highest BCUT2D eigenvalue weighted by atomic mass is 35.5. The first kappa shape index (κ1) is 14.9. The van der Waals surface area contributed by atoms with E-state index in [2.05, 4.69) is 9.97 Å². The number of aryl methyl sites for hydroxylation is 1. The number of fused-ring (bicyclic) bond motifs is 1. The largest absolute Gasteiger partial charge is 0.278 e. The van der Waals surface area contributed by atoms with Crippen LogP contribution in [0.2, 0.25) is 15.1 Å². The Kier molecular flexibility index (Phi) is 4.27. The normalized spacial score (nSPS) is 11.2. The molecule has 0 atom stereocenters. The smallest absolute Gasteiger partial charge is 0.164 e. The van der Waals surface area contributed by atoms with Gasteiger partial charge in [-0.2, -0.15) is 0 Å². The number of benzene rings is 1. The summed E-state index contributed by atoms with van der Waals surface area (Å²) < 4.78 is 1.83. The first-order chi connectivity index (χ1) is 10.1. The SMILES string of the molecule is ClCCc1nc2cc(Cl)cnc2n1-c1c(Cl)cccc1Cl. The molecule has 0 aliphatic carbocycles.